The topological polar surface area (TPSA) is 64.0 Å². The minimum atomic E-state index is -0.298. The van der Waals surface area contributed by atoms with Crippen molar-refractivity contribution in [2.45, 2.75) is 58.5 Å². The van der Waals surface area contributed by atoms with Crippen molar-refractivity contribution in [2.24, 2.45) is 5.92 Å². The summed E-state index contributed by atoms with van der Waals surface area (Å²) in [4.78, 5) is 31.6. The van der Waals surface area contributed by atoms with E-state index in [1.54, 1.807) is 4.57 Å². The Kier molecular flexibility index (Phi) is 6.09. The third kappa shape index (κ3) is 3.83. The summed E-state index contributed by atoms with van der Waals surface area (Å²) in [5.74, 6) is 0.385. The zero-order valence-electron chi connectivity index (χ0n) is 15.1. The molecule has 1 unspecified atom stereocenters. The van der Waals surface area contributed by atoms with E-state index < -0.39 is 0 Å². The minimum absolute atomic E-state index is 0.0124. The van der Waals surface area contributed by atoms with Gasteiger partial charge in [-0.1, -0.05) is 25.6 Å². The second kappa shape index (κ2) is 7.70. The van der Waals surface area contributed by atoms with Crippen molar-refractivity contribution < 1.29 is 4.79 Å². The van der Waals surface area contributed by atoms with Crippen LogP contribution in [0.15, 0.2) is 9.95 Å². The van der Waals surface area contributed by atoms with E-state index in [1.807, 2.05) is 27.7 Å². The molecule has 2 aromatic heterocycles. The molecular formula is C17H25N3O2S2. The maximum Gasteiger partial charge on any atom is 0.263 e. The monoisotopic (exact) mass is 367 g/mol. The molecule has 0 spiro atoms. The Labute approximate surface area is 150 Å². The molecule has 132 valence electrons. The Morgan fingerprint density at radius 1 is 1.33 bits per heavy atom. The number of carbonyl (C=O) groups is 1. The van der Waals surface area contributed by atoms with Crippen molar-refractivity contribution in [3.8, 4) is 0 Å². The predicted octanol–water partition coefficient (Wildman–Crippen LogP) is 3.35. The highest BCUT2D eigenvalue weighted by atomic mass is 32.2. The van der Waals surface area contributed by atoms with Gasteiger partial charge in [-0.3, -0.25) is 14.2 Å². The van der Waals surface area contributed by atoms with Crippen molar-refractivity contribution in [1.29, 1.82) is 0 Å². The number of rotatable bonds is 6. The van der Waals surface area contributed by atoms with E-state index in [2.05, 4.69) is 24.1 Å². The smallest absolute Gasteiger partial charge is 0.263 e. The third-order valence-electron chi connectivity index (χ3n) is 3.91. The maximum atomic E-state index is 12.8. The first-order valence-electron chi connectivity index (χ1n) is 8.21. The minimum Gasteiger partial charge on any atom is -0.355 e. The highest BCUT2D eigenvalue weighted by Crippen LogP contribution is 2.29. The molecule has 0 bridgehead atoms. The van der Waals surface area contributed by atoms with Crippen molar-refractivity contribution in [3.05, 3.63) is 20.8 Å². The molecule has 1 atom stereocenters. The average molecular weight is 368 g/mol. The van der Waals surface area contributed by atoms with E-state index in [0.29, 0.717) is 29.6 Å². The fourth-order valence-electron chi connectivity index (χ4n) is 2.34. The molecule has 0 fully saturated rings. The molecule has 1 amide bonds. The number of nitrogens with one attached hydrogen (secondary N) is 1. The number of thioether (sulfide) groups is 1. The van der Waals surface area contributed by atoms with E-state index in [0.717, 1.165) is 15.3 Å². The van der Waals surface area contributed by atoms with Gasteiger partial charge in [0.25, 0.3) is 5.56 Å². The van der Waals surface area contributed by atoms with Gasteiger partial charge in [0.2, 0.25) is 5.91 Å². The van der Waals surface area contributed by atoms with Crippen LogP contribution in [0.4, 0.5) is 0 Å². The molecule has 7 heteroatoms. The van der Waals surface area contributed by atoms with E-state index in [9.17, 15) is 9.59 Å². The zero-order valence-corrected chi connectivity index (χ0v) is 16.7. The molecule has 2 aromatic rings. The second-order valence-electron chi connectivity index (χ2n) is 6.31. The van der Waals surface area contributed by atoms with Gasteiger partial charge in [-0.25, -0.2) is 4.98 Å². The molecule has 2 rings (SSSR count). The summed E-state index contributed by atoms with van der Waals surface area (Å²) in [7, 11) is 0. The highest BCUT2D eigenvalue weighted by Gasteiger charge is 2.20. The van der Waals surface area contributed by atoms with Crippen LogP contribution >= 0.6 is 23.1 Å². The Morgan fingerprint density at radius 3 is 2.58 bits per heavy atom. The quantitative estimate of drug-likeness (QED) is 0.628. The summed E-state index contributed by atoms with van der Waals surface area (Å²) in [6.45, 7) is 13.1. The predicted molar refractivity (Wildman–Crippen MR) is 102 cm³/mol. The van der Waals surface area contributed by atoms with Gasteiger partial charge in [0.15, 0.2) is 5.16 Å². The van der Waals surface area contributed by atoms with Gasteiger partial charge >= 0.3 is 0 Å². The van der Waals surface area contributed by atoms with Gasteiger partial charge in [-0.2, -0.15) is 0 Å². The first-order chi connectivity index (χ1) is 11.3. The number of aromatic nitrogens is 2. The van der Waals surface area contributed by atoms with Crippen LogP contribution in [0.25, 0.3) is 10.2 Å². The molecule has 0 saturated heterocycles. The molecule has 0 radical (unpaired) electrons. The number of hydrogen-bond acceptors (Lipinski definition) is 5. The van der Waals surface area contributed by atoms with Crippen molar-refractivity contribution in [3.63, 3.8) is 0 Å². The van der Waals surface area contributed by atoms with Crippen molar-refractivity contribution in [2.75, 3.05) is 6.54 Å². The summed E-state index contributed by atoms with van der Waals surface area (Å²) in [6.07, 6.45) is 0. The fraction of sp³-hybridized carbons (Fsp3) is 0.588. The lowest BCUT2D eigenvalue weighted by molar-refractivity contribution is -0.120. The lowest BCUT2D eigenvalue weighted by Crippen LogP contribution is -2.34. The lowest BCUT2D eigenvalue weighted by atomic mass is 10.2. The van der Waals surface area contributed by atoms with Gasteiger partial charge in [0, 0.05) is 18.0 Å². The average Bonchev–Trinajstić information content (AvgIpc) is 2.79. The largest absolute Gasteiger partial charge is 0.355 e. The number of fused-ring (bicyclic) bond motifs is 1. The summed E-state index contributed by atoms with van der Waals surface area (Å²) in [5.41, 5.74) is 0.996. The number of nitrogens with zero attached hydrogens (tertiary/aromatic N) is 2. The summed E-state index contributed by atoms with van der Waals surface area (Å²) in [6, 6.07) is 0. The molecule has 0 aliphatic rings. The molecule has 0 aromatic carbocycles. The normalized spacial score (nSPS) is 12.8. The van der Waals surface area contributed by atoms with Crippen LogP contribution in [0.3, 0.4) is 0 Å². The highest BCUT2D eigenvalue weighted by molar-refractivity contribution is 8.00. The standard InChI is InChI=1S/C17H25N3O2S2/c1-7-20-16(22)13-10(4)11(5)23-15(13)19-17(20)24-12(6)14(21)18-8-9(2)3/h9,12H,7-8H2,1-6H3,(H,18,21). The molecule has 0 aliphatic carbocycles. The van der Waals surface area contributed by atoms with Gasteiger partial charge in [0.1, 0.15) is 4.83 Å². The number of carbonyl (C=O) groups excluding carboxylic acids is 1. The molecular weight excluding hydrogens is 342 g/mol. The van der Waals surface area contributed by atoms with Crippen LogP contribution in [0.1, 0.15) is 38.1 Å². The Hall–Kier alpha value is -1.34. The van der Waals surface area contributed by atoms with Crippen LogP contribution in [-0.4, -0.2) is 27.3 Å². The van der Waals surface area contributed by atoms with Crippen LogP contribution in [0, 0.1) is 19.8 Å². The first kappa shape index (κ1) is 19.0. The Morgan fingerprint density at radius 2 is 2.00 bits per heavy atom. The van der Waals surface area contributed by atoms with E-state index >= 15 is 0 Å². The van der Waals surface area contributed by atoms with Crippen molar-refractivity contribution in [1.82, 2.24) is 14.9 Å². The second-order valence-corrected chi connectivity index (χ2v) is 8.82. The summed E-state index contributed by atoms with van der Waals surface area (Å²) < 4.78 is 1.67. The van der Waals surface area contributed by atoms with Gasteiger partial charge in [-0.05, 0) is 39.2 Å². The van der Waals surface area contributed by atoms with Crippen LogP contribution in [-0.2, 0) is 11.3 Å². The SMILES string of the molecule is CCn1c(SC(C)C(=O)NCC(C)C)nc2sc(C)c(C)c2c1=O. The van der Waals surface area contributed by atoms with E-state index in [1.165, 1.54) is 23.1 Å². The van der Waals surface area contributed by atoms with Crippen LogP contribution in [0.5, 0.6) is 0 Å². The lowest BCUT2D eigenvalue weighted by Gasteiger charge is -2.15. The molecule has 0 aliphatic heterocycles. The van der Waals surface area contributed by atoms with Crippen LogP contribution in [0.2, 0.25) is 0 Å². The molecule has 2 heterocycles. The van der Waals surface area contributed by atoms with Crippen LogP contribution < -0.4 is 10.9 Å². The summed E-state index contributed by atoms with van der Waals surface area (Å²) >= 11 is 2.88. The summed E-state index contributed by atoms with van der Waals surface area (Å²) in [5, 5.41) is 3.96. The first-order valence-corrected chi connectivity index (χ1v) is 9.90. The maximum absolute atomic E-state index is 12.8. The van der Waals surface area contributed by atoms with Gasteiger partial charge < -0.3 is 5.32 Å². The fourth-order valence-corrected chi connectivity index (χ4v) is 4.40. The molecule has 1 N–H and O–H groups in total. The van der Waals surface area contributed by atoms with Gasteiger partial charge in [0.05, 0.1) is 10.6 Å². The van der Waals surface area contributed by atoms with E-state index in [4.69, 9.17) is 0 Å². The Balaban J connectivity index is 2.35. The molecule has 5 nitrogen and oxygen atoms in total. The number of thiophene rings is 1. The number of aryl methyl sites for hydroxylation is 2. The number of hydrogen-bond donors (Lipinski definition) is 1. The Bertz CT molecular complexity index is 808. The third-order valence-corrected chi connectivity index (χ3v) is 6.10. The zero-order chi connectivity index (χ0) is 18.0. The van der Waals surface area contributed by atoms with Gasteiger partial charge in [-0.15, -0.1) is 11.3 Å². The van der Waals surface area contributed by atoms with Crippen molar-refractivity contribution >= 4 is 39.2 Å². The van der Waals surface area contributed by atoms with E-state index in [-0.39, 0.29) is 16.7 Å². The molecule has 24 heavy (non-hydrogen) atoms. The number of amides is 1. The molecule has 0 saturated carbocycles.